The van der Waals surface area contributed by atoms with Crippen LogP contribution in [0.3, 0.4) is 0 Å². The SMILES string of the molecule is COc1ccc([C@H]2C(C(C)=O)=C([O-])C(=O)N2c2cccc(C(=O)O)c2)cc1OC. The normalized spacial score (nSPS) is 16.2. The van der Waals surface area contributed by atoms with E-state index in [4.69, 9.17) is 9.47 Å². The zero-order chi connectivity index (χ0) is 21.3. The summed E-state index contributed by atoms with van der Waals surface area (Å²) in [6.45, 7) is 1.21. The number of hydrogen-bond acceptors (Lipinski definition) is 6. The van der Waals surface area contributed by atoms with Crippen LogP contribution in [0.1, 0.15) is 28.9 Å². The summed E-state index contributed by atoms with van der Waals surface area (Å²) >= 11 is 0. The first-order valence-electron chi connectivity index (χ1n) is 8.61. The van der Waals surface area contributed by atoms with Crippen LogP contribution < -0.4 is 19.5 Å². The number of nitrogens with zero attached hydrogens (tertiary/aromatic N) is 1. The van der Waals surface area contributed by atoms with Gasteiger partial charge in [-0.2, -0.15) is 0 Å². The fraction of sp³-hybridized carbons (Fsp3) is 0.190. The molecule has 1 N–H and O–H groups in total. The van der Waals surface area contributed by atoms with Crippen molar-refractivity contribution < 1.29 is 34.1 Å². The summed E-state index contributed by atoms with van der Waals surface area (Å²) in [5.41, 5.74) is 0.403. The van der Waals surface area contributed by atoms with E-state index in [2.05, 4.69) is 0 Å². The van der Waals surface area contributed by atoms with E-state index in [1.807, 2.05) is 0 Å². The van der Waals surface area contributed by atoms with Gasteiger partial charge in [-0.25, -0.2) is 4.79 Å². The van der Waals surface area contributed by atoms with Crippen LogP contribution in [-0.2, 0) is 9.59 Å². The van der Waals surface area contributed by atoms with E-state index in [0.717, 1.165) is 4.90 Å². The molecule has 2 aromatic carbocycles. The lowest BCUT2D eigenvalue weighted by Gasteiger charge is -2.28. The average molecular weight is 396 g/mol. The second kappa shape index (κ2) is 7.67. The highest BCUT2D eigenvalue weighted by Gasteiger charge is 2.39. The van der Waals surface area contributed by atoms with E-state index >= 15 is 0 Å². The minimum Gasteiger partial charge on any atom is -0.868 e. The van der Waals surface area contributed by atoms with Crippen LogP contribution in [0.15, 0.2) is 53.8 Å². The van der Waals surface area contributed by atoms with Gasteiger partial charge in [0.15, 0.2) is 17.3 Å². The number of Topliss-reactive ketones (excluding diaryl/α,β-unsaturated/α-hetero) is 1. The zero-order valence-electron chi connectivity index (χ0n) is 16.0. The number of carboxylic acid groups (broad SMARTS) is 1. The van der Waals surface area contributed by atoms with Crippen molar-refractivity contribution in [2.45, 2.75) is 13.0 Å². The van der Waals surface area contributed by atoms with E-state index in [1.165, 1.54) is 45.4 Å². The first kappa shape index (κ1) is 19.9. The third-order valence-electron chi connectivity index (χ3n) is 4.66. The Morgan fingerprint density at radius 3 is 2.34 bits per heavy atom. The molecule has 0 aromatic heterocycles. The first-order valence-corrected chi connectivity index (χ1v) is 8.61. The third kappa shape index (κ3) is 3.40. The quantitative estimate of drug-likeness (QED) is 0.790. The number of carboxylic acids is 1. The Labute approximate surface area is 166 Å². The predicted octanol–water partition coefficient (Wildman–Crippen LogP) is 1.69. The minimum atomic E-state index is -1.18. The Balaban J connectivity index is 2.21. The summed E-state index contributed by atoms with van der Waals surface area (Å²) in [4.78, 5) is 37.5. The highest BCUT2D eigenvalue weighted by atomic mass is 16.5. The first-order chi connectivity index (χ1) is 13.8. The Bertz CT molecular complexity index is 1040. The summed E-state index contributed by atoms with van der Waals surface area (Å²) < 4.78 is 10.5. The van der Waals surface area contributed by atoms with Gasteiger partial charge in [0.05, 0.1) is 25.8 Å². The molecule has 0 radical (unpaired) electrons. The third-order valence-corrected chi connectivity index (χ3v) is 4.66. The van der Waals surface area contributed by atoms with Gasteiger partial charge in [-0.1, -0.05) is 12.1 Å². The molecule has 150 valence electrons. The molecule has 1 aliphatic rings. The molecule has 8 nitrogen and oxygen atoms in total. The van der Waals surface area contributed by atoms with Gasteiger partial charge in [0.25, 0.3) is 0 Å². The van der Waals surface area contributed by atoms with Crippen LogP contribution in [-0.4, -0.2) is 37.0 Å². The van der Waals surface area contributed by atoms with Gasteiger partial charge in [-0.15, -0.1) is 0 Å². The van der Waals surface area contributed by atoms with Crippen LogP contribution >= 0.6 is 0 Å². The van der Waals surface area contributed by atoms with Gasteiger partial charge in [-0.05, 0) is 48.6 Å². The van der Waals surface area contributed by atoms with Crippen molar-refractivity contribution in [3.63, 3.8) is 0 Å². The van der Waals surface area contributed by atoms with E-state index in [1.54, 1.807) is 18.2 Å². The maximum atomic E-state index is 12.8. The number of ketones is 1. The molecule has 0 saturated heterocycles. The molecule has 0 spiro atoms. The van der Waals surface area contributed by atoms with Gasteiger partial charge < -0.3 is 19.7 Å². The maximum Gasteiger partial charge on any atom is 0.335 e. The number of amides is 1. The molecule has 1 amide bonds. The van der Waals surface area contributed by atoms with Crippen molar-refractivity contribution in [3.8, 4) is 11.5 Å². The molecule has 0 fully saturated rings. The smallest absolute Gasteiger partial charge is 0.335 e. The summed E-state index contributed by atoms with van der Waals surface area (Å²) in [6, 6.07) is 9.41. The molecular weight excluding hydrogens is 378 g/mol. The highest BCUT2D eigenvalue weighted by molar-refractivity contribution is 6.16. The molecule has 1 atom stereocenters. The lowest BCUT2D eigenvalue weighted by atomic mass is 9.96. The lowest BCUT2D eigenvalue weighted by molar-refractivity contribution is -0.298. The molecule has 0 aliphatic carbocycles. The number of carbonyl (C=O) groups is 3. The number of hydrogen-bond donors (Lipinski definition) is 1. The van der Waals surface area contributed by atoms with Crippen molar-refractivity contribution in [1.29, 1.82) is 0 Å². The molecule has 2 aromatic rings. The Hall–Kier alpha value is -3.81. The summed E-state index contributed by atoms with van der Waals surface area (Å²) in [6.07, 6.45) is 0. The molecule has 1 heterocycles. The van der Waals surface area contributed by atoms with Crippen molar-refractivity contribution >= 4 is 23.3 Å². The summed E-state index contributed by atoms with van der Waals surface area (Å²) in [5.74, 6) is -2.74. The summed E-state index contributed by atoms with van der Waals surface area (Å²) in [7, 11) is 2.91. The number of benzene rings is 2. The van der Waals surface area contributed by atoms with Crippen molar-refractivity contribution in [3.05, 3.63) is 64.9 Å². The number of methoxy groups -OCH3 is 2. The molecule has 0 saturated carbocycles. The average Bonchev–Trinajstić information content (AvgIpc) is 2.98. The summed E-state index contributed by atoms with van der Waals surface area (Å²) in [5, 5.41) is 21.8. The highest BCUT2D eigenvalue weighted by Crippen LogP contribution is 2.42. The fourth-order valence-corrected chi connectivity index (χ4v) is 3.34. The fourth-order valence-electron chi connectivity index (χ4n) is 3.34. The van der Waals surface area contributed by atoms with E-state index in [-0.39, 0.29) is 16.8 Å². The molecule has 1 aliphatic heterocycles. The predicted molar refractivity (Wildman–Crippen MR) is 101 cm³/mol. The van der Waals surface area contributed by atoms with Gasteiger partial charge in [0.2, 0.25) is 5.91 Å². The van der Waals surface area contributed by atoms with Crippen molar-refractivity contribution in [2.75, 3.05) is 19.1 Å². The largest absolute Gasteiger partial charge is 0.868 e. The van der Waals surface area contributed by atoms with Gasteiger partial charge in [0.1, 0.15) is 0 Å². The Kier molecular flexibility index (Phi) is 5.27. The monoisotopic (exact) mass is 396 g/mol. The van der Waals surface area contributed by atoms with Gasteiger partial charge in [0, 0.05) is 11.3 Å². The van der Waals surface area contributed by atoms with Crippen LogP contribution in [0.25, 0.3) is 0 Å². The lowest BCUT2D eigenvalue weighted by Crippen LogP contribution is -2.32. The number of rotatable bonds is 6. The van der Waals surface area contributed by atoms with Crippen LogP contribution in [0.2, 0.25) is 0 Å². The van der Waals surface area contributed by atoms with E-state index in [9.17, 15) is 24.6 Å². The molecule has 8 heteroatoms. The number of aromatic carboxylic acids is 1. The van der Waals surface area contributed by atoms with Crippen LogP contribution in [0.5, 0.6) is 11.5 Å². The molecule has 0 bridgehead atoms. The maximum absolute atomic E-state index is 12.8. The zero-order valence-corrected chi connectivity index (χ0v) is 16.0. The van der Waals surface area contributed by atoms with Crippen molar-refractivity contribution in [2.24, 2.45) is 0 Å². The van der Waals surface area contributed by atoms with Crippen LogP contribution in [0, 0.1) is 0 Å². The second-order valence-corrected chi connectivity index (χ2v) is 6.35. The molecule has 3 rings (SSSR count). The molecule has 29 heavy (non-hydrogen) atoms. The number of carbonyl (C=O) groups excluding carboxylic acids is 2. The Morgan fingerprint density at radius 1 is 1.07 bits per heavy atom. The number of ether oxygens (including phenoxy) is 2. The van der Waals surface area contributed by atoms with Gasteiger partial charge >= 0.3 is 5.97 Å². The van der Waals surface area contributed by atoms with Crippen molar-refractivity contribution in [1.82, 2.24) is 0 Å². The molecular formula is C21H18NO7-. The standard InChI is InChI=1S/C21H19NO7/c1-11(23)17-18(12-7-8-15(28-2)16(10-12)29-3)22(20(25)19(17)24)14-6-4-5-13(9-14)21(26)27/h4-10,18,24H,1-3H3,(H,26,27)/p-1/t18-/m0/s1. The van der Waals surface area contributed by atoms with E-state index < -0.39 is 29.5 Å². The van der Waals surface area contributed by atoms with E-state index in [0.29, 0.717) is 17.1 Å². The Morgan fingerprint density at radius 2 is 1.76 bits per heavy atom. The number of anilines is 1. The molecule has 0 unspecified atom stereocenters. The second-order valence-electron chi connectivity index (χ2n) is 6.35. The topological polar surface area (TPSA) is 116 Å². The van der Waals surface area contributed by atoms with Gasteiger partial charge in [-0.3, -0.25) is 14.5 Å². The minimum absolute atomic E-state index is 0.0508. The van der Waals surface area contributed by atoms with Crippen LogP contribution in [0.4, 0.5) is 5.69 Å².